The summed E-state index contributed by atoms with van der Waals surface area (Å²) in [4.78, 5) is 16.3. The first-order valence-electron chi connectivity index (χ1n) is 8.01. The SMILES string of the molecule is O=C(NCC(CCO)c1ccncc1)C1Cc2cc(F)cc(F)c2O1. The lowest BCUT2D eigenvalue weighted by Gasteiger charge is -2.18. The van der Waals surface area contributed by atoms with Crippen LogP contribution in [0.25, 0.3) is 0 Å². The molecule has 132 valence electrons. The van der Waals surface area contributed by atoms with E-state index in [1.807, 2.05) is 12.1 Å². The molecule has 1 aromatic carbocycles. The van der Waals surface area contributed by atoms with Gasteiger partial charge >= 0.3 is 0 Å². The van der Waals surface area contributed by atoms with Crippen LogP contribution in [0.3, 0.4) is 0 Å². The van der Waals surface area contributed by atoms with Gasteiger partial charge in [-0.05, 0) is 30.2 Å². The smallest absolute Gasteiger partial charge is 0.261 e. The predicted octanol–water partition coefficient (Wildman–Crippen LogP) is 1.95. The van der Waals surface area contributed by atoms with Gasteiger partial charge in [0.25, 0.3) is 5.91 Å². The van der Waals surface area contributed by atoms with Gasteiger partial charge in [0.05, 0.1) is 0 Å². The second kappa shape index (κ2) is 7.57. The van der Waals surface area contributed by atoms with E-state index in [2.05, 4.69) is 10.3 Å². The van der Waals surface area contributed by atoms with Gasteiger partial charge in [0.1, 0.15) is 5.82 Å². The van der Waals surface area contributed by atoms with Crippen LogP contribution in [0.1, 0.15) is 23.5 Å². The quantitative estimate of drug-likeness (QED) is 0.837. The molecule has 7 heteroatoms. The van der Waals surface area contributed by atoms with Crippen LogP contribution in [0.2, 0.25) is 0 Å². The van der Waals surface area contributed by atoms with Gasteiger partial charge in [0.15, 0.2) is 17.7 Å². The summed E-state index contributed by atoms with van der Waals surface area (Å²) in [5.41, 5.74) is 1.30. The van der Waals surface area contributed by atoms with Crippen LogP contribution in [0.5, 0.6) is 5.75 Å². The Labute approximate surface area is 143 Å². The third kappa shape index (κ3) is 3.93. The molecule has 0 fully saturated rings. The fourth-order valence-corrected chi connectivity index (χ4v) is 2.94. The highest BCUT2D eigenvalue weighted by atomic mass is 19.1. The van der Waals surface area contributed by atoms with Gasteiger partial charge in [-0.3, -0.25) is 9.78 Å². The highest BCUT2D eigenvalue weighted by Crippen LogP contribution is 2.32. The first-order valence-corrected chi connectivity index (χ1v) is 8.01. The molecule has 0 spiro atoms. The lowest BCUT2D eigenvalue weighted by atomic mass is 9.97. The largest absolute Gasteiger partial charge is 0.477 e. The number of fused-ring (bicyclic) bond motifs is 1. The van der Waals surface area contributed by atoms with E-state index in [0.717, 1.165) is 11.6 Å². The first kappa shape index (κ1) is 17.3. The number of ether oxygens (including phenoxy) is 1. The monoisotopic (exact) mass is 348 g/mol. The Morgan fingerprint density at radius 2 is 2.12 bits per heavy atom. The second-order valence-corrected chi connectivity index (χ2v) is 5.92. The van der Waals surface area contributed by atoms with Crippen molar-refractivity contribution in [3.05, 3.63) is 59.4 Å². The number of hydrogen-bond donors (Lipinski definition) is 2. The molecule has 0 saturated carbocycles. The molecular formula is C18H18F2N2O3. The van der Waals surface area contributed by atoms with Crippen molar-refractivity contribution in [1.82, 2.24) is 10.3 Å². The van der Waals surface area contributed by atoms with Crippen LogP contribution < -0.4 is 10.1 Å². The zero-order chi connectivity index (χ0) is 17.8. The number of aliphatic hydroxyl groups excluding tert-OH is 1. The lowest BCUT2D eigenvalue weighted by Crippen LogP contribution is -2.39. The van der Waals surface area contributed by atoms with Crippen molar-refractivity contribution in [2.24, 2.45) is 0 Å². The molecule has 2 atom stereocenters. The molecule has 0 saturated heterocycles. The first-order chi connectivity index (χ1) is 12.1. The fraction of sp³-hybridized carbons (Fsp3) is 0.333. The van der Waals surface area contributed by atoms with Crippen molar-refractivity contribution >= 4 is 5.91 Å². The molecule has 1 aromatic heterocycles. The van der Waals surface area contributed by atoms with Crippen LogP contribution in [-0.2, 0) is 11.2 Å². The van der Waals surface area contributed by atoms with Crippen molar-refractivity contribution in [3.8, 4) is 5.75 Å². The van der Waals surface area contributed by atoms with E-state index in [1.165, 1.54) is 6.07 Å². The van der Waals surface area contributed by atoms with Gasteiger partial charge in [-0.1, -0.05) is 0 Å². The van der Waals surface area contributed by atoms with Crippen LogP contribution in [0.4, 0.5) is 8.78 Å². The Bertz CT molecular complexity index is 755. The minimum absolute atomic E-state index is 0.0152. The van der Waals surface area contributed by atoms with E-state index in [1.54, 1.807) is 12.4 Å². The number of pyridine rings is 1. The van der Waals surface area contributed by atoms with Crippen molar-refractivity contribution in [1.29, 1.82) is 0 Å². The number of aliphatic hydroxyl groups is 1. The summed E-state index contributed by atoms with van der Waals surface area (Å²) < 4.78 is 32.3. The Hall–Kier alpha value is -2.54. The number of benzene rings is 1. The predicted molar refractivity (Wildman–Crippen MR) is 86.2 cm³/mol. The van der Waals surface area contributed by atoms with Crippen molar-refractivity contribution in [2.45, 2.75) is 24.9 Å². The van der Waals surface area contributed by atoms with Crippen molar-refractivity contribution < 1.29 is 23.4 Å². The summed E-state index contributed by atoms with van der Waals surface area (Å²) >= 11 is 0. The van der Waals surface area contributed by atoms with Gasteiger partial charge < -0.3 is 15.2 Å². The Morgan fingerprint density at radius 1 is 1.36 bits per heavy atom. The van der Waals surface area contributed by atoms with Crippen LogP contribution in [-0.4, -0.2) is 35.3 Å². The normalized spacial score (nSPS) is 16.8. The fourth-order valence-electron chi connectivity index (χ4n) is 2.94. The summed E-state index contributed by atoms with van der Waals surface area (Å²) in [6.07, 6.45) is 3.01. The van der Waals surface area contributed by atoms with E-state index in [4.69, 9.17) is 4.74 Å². The molecule has 5 nitrogen and oxygen atoms in total. The summed E-state index contributed by atoms with van der Waals surface area (Å²) in [6, 6.07) is 5.57. The van der Waals surface area contributed by atoms with Gasteiger partial charge in [0, 0.05) is 49.5 Å². The summed E-state index contributed by atoms with van der Waals surface area (Å²) in [7, 11) is 0. The van der Waals surface area contributed by atoms with Crippen LogP contribution >= 0.6 is 0 Å². The number of carbonyl (C=O) groups is 1. The maximum Gasteiger partial charge on any atom is 0.261 e. The molecule has 0 bridgehead atoms. The molecule has 2 aromatic rings. The number of rotatable bonds is 6. The van der Waals surface area contributed by atoms with Crippen LogP contribution in [0, 0.1) is 11.6 Å². The number of halogens is 2. The lowest BCUT2D eigenvalue weighted by molar-refractivity contribution is -0.127. The average Bonchev–Trinajstić information content (AvgIpc) is 3.03. The molecule has 25 heavy (non-hydrogen) atoms. The average molecular weight is 348 g/mol. The Kier molecular flexibility index (Phi) is 5.23. The molecule has 1 amide bonds. The van der Waals surface area contributed by atoms with Gasteiger partial charge in [-0.15, -0.1) is 0 Å². The summed E-state index contributed by atoms with van der Waals surface area (Å²) in [5.74, 6) is -2.03. The van der Waals surface area contributed by atoms with E-state index in [0.29, 0.717) is 18.5 Å². The third-order valence-electron chi connectivity index (χ3n) is 4.22. The molecule has 0 aliphatic carbocycles. The number of nitrogens with zero attached hydrogens (tertiary/aromatic N) is 1. The highest BCUT2D eigenvalue weighted by Gasteiger charge is 2.32. The summed E-state index contributed by atoms with van der Waals surface area (Å²) in [6.45, 7) is 0.287. The number of amides is 1. The minimum atomic E-state index is -0.890. The van der Waals surface area contributed by atoms with Gasteiger partial charge in [-0.2, -0.15) is 0 Å². The number of hydrogen-bond acceptors (Lipinski definition) is 4. The molecule has 3 rings (SSSR count). The number of aromatic nitrogens is 1. The van der Waals surface area contributed by atoms with E-state index in [-0.39, 0.29) is 24.7 Å². The molecule has 1 aliphatic heterocycles. The topological polar surface area (TPSA) is 71.5 Å². The van der Waals surface area contributed by atoms with Gasteiger partial charge in [-0.25, -0.2) is 8.78 Å². The second-order valence-electron chi connectivity index (χ2n) is 5.92. The molecule has 2 heterocycles. The summed E-state index contributed by atoms with van der Waals surface area (Å²) in [5, 5.41) is 12.0. The zero-order valence-electron chi connectivity index (χ0n) is 13.4. The van der Waals surface area contributed by atoms with Crippen LogP contribution in [0.15, 0.2) is 36.7 Å². The van der Waals surface area contributed by atoms with E-state index in [9.17, 15) is 18.7 Å². The van der Waals surface area contributed by atoms with Crippen molar-refractivity contribution in [3.63, 3.8) is 0 Å². The Morgan fingerprint density at radius 3 is 2.84 bits per heavy atom. The Balaban J connectivity index is 1.62. The number of carbonyl (C=O) groups excluding carboxylic acids is 1. The van der Waals surface area contributed by atoms with E-state index < -0.39 is 23.6 Å². The maximum atomic E-state index is 13.7. The number of nitrogens with one attached hydrogen (secondary N) is 1. The maximum absolute atomic E-state index is 13.7. The molecular weight excluding hydrogens is 330 g/mol. The molecule has 2 unspecified atom stereocenters. The van der Waals surface area contributed by atoms with Crippen molar-refractivity contribution in [2.75, 3.05) is 13.2 Å². The zero-order valence-corrected chi connectivity index (χ0v) is 13.4. The van der Waals surface area contributed by atoms with E-state index >= 15 is 0 Å². The molecule has 2 N–H and O–H groups in total. The third-order valence-corrected chi connectivity index (χ3v) is 4.22. The standard InChI is InChI=1S/C18H18F2N2O3/c19-14-7-13-8-16(25-17(13)15(20)9-14)18(24)22-10-12(3-6-23)11-1-4-21-5-2-11/h1-2,4-5,7,9,12,16,23H,3,6,8,10H2,(H,22,24). The highest BCUT2D eigenvalue weighted by molar-refractivity contribution is 5.82. The van der Waals surface area contributed by atoms with Gasteiger partial charge in [0.2, 0.25) is 0 Å². The molecule has 0 radical (unpaired) electrons. The minimum Gasteiger partial charge on any atom is -0.477 e. The molecule has 1 aliphatic rings.